The van der Waals surface area contributed by atoms with Crippen molar-refractivity contribution in [3.63, 3.8) is 0 Å². The summed E-state index contributed by atoms with van der Waals surface area (Å²) in [4.78, 5) is 4.75. The van der Waals surface area contributed by atoms with Crippen molar-refractivity contribution < 1.29 is 8.83 Å². The maximum Gasteiger partial charge on any atom is 0.139 e. The number of benzene rings is 9. The monoisotopic (exact) mass is 862 g/mol. The first-order chi connectivity index (χ1) is 31.2. The number of anilines is 6. The van der Waals surface area contributed by atoms with Gasteiger partial charge in [-0.2, -0.15) is 0 Å². The molecule has 0 aliphatic rings. The third kappa shape index (κ3) is 6.97. The molecule has 0 aliphatic heterocycles. The summed E-state index contributed by atoms with van der Waals surface area (Å²) in [5.74, 6) is 0. The Morgan fingerprint density at radius 3 is 1.11 bits per heavy atom. The quantitative estimate of drug-likeness (QED) is 0.149. The molecule has 320 valence electrons. The molecule has 0 atom stereocenters. The normalized spacial score (nSPS) is 12.2. The lowest BCUT2D eigenvalue weighted by Crippen LogP contribution is -2.37. The Morgan fingerprint density at radius 1 is 0.323 bits per heavy atom. The maximum atomic E-state index is 6.68. The summed E-state index contributed by atoms with van der Waals surface area (Å²) in [5.41, 5.74) is 19.2. The second kappa shape index (κ2) is 15.0. The highest BCUT2D eigenvalue weighted by Crippen LogP contribution is 2.43. The minimum Gasteiger partial charge on any atom is -0.456 e. The third-order valence-electron chi connectivity index (χ3n) is 14.1. The Labute approximate surface area is 382 Å². The van der Waals surface area contributed by atoms with Crippen LogP contribution in [0.2, 0.25) is 19.6 Å². The van der Waals surface area contributed by atoms with Crippen LogP contribution in [0.25, 0.3) is 65.4 Å². The van der Waals surface area contributed by atoms with Crippen molar-refractivity contribution in [3.8, 4) is 0 Å². The van der Waals surface area contributed by atoms with E-state index < -0.39 is 8.07 Å². The number of rotatable bonds is 7. The molecule has 9 aromatic carbocycles. The zero-order valence-corrected chi connectivity index (χ0v) is 40.1. The summed E-state index contributed by atoms with van der Waals surface area (Å²) in [6, 6.07) is 54.1. The maximum absolute atomic E-state index is 6.68. The molecule has 11 rings (SSSR count). The van der Waals surface area contributed by atoms with Crippen molar-refractivity contribution in [1.29, 1.82) is 0 Å². The Bertz CT molecular complexity index is 3670. The van der Waals surface area contributed by atoms with E-state index in [0.29, 0.717) is 0 Å². The van der Waals surface area contributed by atoms with Gasteiger partial charge in [0.2, 0.25) is 0 Å². The van der Waals surface area contributed by atoms with E-state index in [1.54, 1.807) is 0 Å². The van der Waals surface area contributed by atoms with Gasteiger partial charge in [0.15, 0.2) is 0 Å². The number of hydrogen-bond donors (Lipinski definition) is 0. The van der Waals surface area contributed by atoms with Gasteiger partial charge < -0.3 is 18.6 Å². The van der Waals surface area contributed by atoms with Crippen LogP contribution in [0.5, 0.6) is 0 Å². The van der Waals surface area contributed by atoms with E-state index in [9.17, 15) is 0 Å². The van der Waals surface area contributed by atoms with Crippen LogP contribution in [0, 0.1) is 48.5 Å². The molecule has 0 bridgehead atoms. The van der Waals surface area contributed by atoms with Gasteiger partial charge in [0, 0.05) is 61.7 Å². The van der Waals surface area contributed by atoms with Crippen LogP contribution in [-0.2, 0) is 0 Å². The molecule has 0 unspecified atom stereocenters. The van der Waals surface area contributed by atoms with Crippen LogP contribution in [0.1, 0.15) is 38.9 Å². The molecule has 0 saturated heterocycles. The topological polar surface area (TPSA) is 32.8 Å². The van der Waals surface area contributed by atoms with Gasteiger partial charge in [0.1, 0.15) is 22.3 Å². The smallest absolute Gasteiger partial charge is 0.139 e. The number of fused-ring (bicyclic) bond motifs is 8. The highest BCUT2D eigenvalue weighted by Gasteiger charge is 2.21. The lowest BCUT2D eigenvalue weighted by molar-refractivity contribution is 0.656. The third-order valence-corrected chi connectivity index (χ3v) is 16.2. The van der Waals surface area contributed by atoms with E-state index in [1.165, 1.54) is 54.9 Å². The molecule has 0 saturated carbocycles. The van der Waals surface area contributed by atoms with E-state index >= 15 is 0 Å². The number of furan rings is 2. The van der Waals surface area contributed by atoms with Gasteiger partial charge in [-0.05, 0) is 207 Å². The fourth-order valence-electron chi connectivity index (χ4n) is 9.77. The summed E-state index contributed by atoms with van der Waals surface area (Å²) in [6.07, 6.45) is 0. The molecule has 5 heteroatoms. The summed E-state index contributed by atoms with van der Waals surface area (Å²) < 4.78 is 13.4. The van der Waals surface area contributed by atoms with Gasteiger partial charge in [0.25, 0.3) is 0 Å². The lowest BCUT2D eigenvalue weighted by atomic mass is 10.0. The van der Waals surface area contributed by atoms with Gasteiger partial charge in [-0.15, -0.1) is 0 Å². The Hall–Kier alpha value is -7.08. The molecule has 2 aromatic heterocycles. The second-order valence-electron chi connectivity index (χ2n) is 19.5. The van der Waals surface area contributed by atoms with E-state index in [1.807, 2.05) is 0 Å². The molecule has 0 N–H and O–H groups in total. The van der Waals surface area contributed by atoms with Gasteiger partial charge in [-0.1, -0.05) is 66.8 Å². The van der Waals surface area contributed by atoms with Gasteiger partial charge >= 0.3 is 0 Å². The van der Waals surface area contributed by atoms with Gasteiger partial charge in [-0.3, -0.25) is 0 Å². The van der Waals surface area contributed by atoms with Crippen molar-refractivity contribution in [1.82, 2.24) is 0 Å². The van der Waals surface area contributed by atoms with Crippen LogP contribution in [0.3, 0.4) is 0 Å². The standard InChI is InChI=1S/C60H54N2O2Si/c1-35-11-15-46(16-12-35)61(50-23-36(2)40(6)37(3)24-50)48-17-13-42-29-53-55-33-56-54-30-43-14-18-49(28-45(43)32-58(54)64-60(56)34-59(55)63-57(53)31-44(42)27-48)62(51-25-38(4)41(7)39(5)26-51)47-19-21-52(22-20-47)65(8,9)10/h11-34H,1-10H3. The summed E-state index contributed by atoms with van der Waals surface area (Å²) in [5, 5.41) is 10.4. The minimum atomic E-state index is -1.46. The molecule has 0 spiro atoms. The molecule has 65 heavy (non-hydrogen) atoms. The van der Waals surface area contributed by atoms with E-state index in [0.717, 1.165) is 88.8 Å². The molecule has 0 amide bonds. The summed E-state index contributed by atoms with van der Waals surface area (Å²) in [6.45, 7) is 22.6. The largest absolute Gasteiger partial charge is 0.456 e. The fourth-order valence-corrected chi connectivity index (χ4v) is 10.9. The minimum absolute atomic E-state index is 0.820. The number of hydrogen-bond acceptors (Lipinski definition) is 4. The second-order valence-corrected chi connectivity index (χ2v) is 24.6. The highest BCUT2D eigenvalue weighted by atomic mass is 28.3. The van der Waals surface area contributed by atoms with E-state index in [2.05, 4.69) is 223 Å². The lowest BCUT2D eigenvalue weighted by Gasteiger charge is -2.28. The highest BCUT2D eigenvalue weighted by molar-refractivity contribution is 6.88. The van der Waals surface area contributed by atoms with E-state index in [-0.39, 0.29) is 0 Å². The SMILES string of the molecule is Cc1ccc(N(c2cc(C)c(C)c(C)c2)c2ccc3cc4c(cc3c2)oc2cc3oc5cc6cc(N(c7ccc([Si](C)(C)C)cc7)c7cc(C)c(C)c(C)c7)ccc6cc5c3cc24)cc1. The van der Waals surface area contributed by atoms with Crippen LogP contribution < -0.4 is 15.0 Å². The fraction of sp³-hybridized carbons (Fsp3) is 0.167. The van der Waals surface area contributed by atoms with Crippen LogP contribution >= 0.6 is 0 Å². The predicted molar refractivity (Wildman–Crippen MR) is 282 cm³/mol. The molecule has 0 radical (unpaired) electrons. The first-order valence-electron chi connectivity index (χ1n) is 22.8. The molecule has 2 heterocycles. The first-order valence-corrected chi connectivity index (χ1v) is 26.3. The Kier molecular flexibility index (Phi) is 9.39. The van der Waals surface area contributed by atoms with Crippen molar-refractivity contribution in [2.45, 2.75) is 68.1 Å². The molecule has 11 aromatic rings. The van der Waals surface area contributed by atoms with Crippen LogP contribution in [0.15, 0.2) is 154 Å². The predicted octanol–water partition coefficient (Wildman–Crippen LogP) is 17.4. The van der Waals surface area contributed by atoms with Crippen LogP contribution in [-0.4, -0.2) is 8.07 Å². The first kappa shape index (κ1) is 40.7. The Balaban J connectivity index is 0.996. The number of aryl methyl sites for hydroxylation is 5. The molecule has 0 aliphatic carbocycles. The van der Waals surface area contributed by atoms with E-state index in [4.69, 9.17) is 8.83 Å². The average molecular weight is 863 g/mol. The van der Waals surface area contributed by atoms with Crippen molar-refractivity contribution >= 4 is 113 Å². The summed E-state index contributed by atoms with van der Waals surface area (Å²) in [7, 11) is -1.46. The Morgan fingerprint density at radius 2 is 0.692 bits per heavy atom. The zero-order valence-electron chi connectivity index (χ0n) is 39.1. The van der Waals surface area contributed by atoms with Crippen molar-refractivity contribution in [2.75, 3.05) is 9.80 Å². The van der Waals surface area contributed by atoms with Gasteiger partial charge in [0.05, 0.1) is 8.07 Å². The van der Waals surface area contributed by atoms with Gasteiger partial charge in [-0.25, -0.2) is 0 Å². The number of nitrogens with zero attached hydrogens (tertiary/aromatic N) is 2. The zero-order chi connectivity index (χ0) is 45.1. The molecule has 0 fully saturated rings. The summed E-state index contributed by atoms with van der Waals surface area (Å²) >= 11 is 0. The average Bonchev–Trinajstić information content (AvgIpc) is 3.80. The van der Waals surface area contributed by atoms with Crippen molar-refractivity contribution in [2.24, 2.45) is 0 Å². The molecule has 4 nitrogen and oxygen atoms in total. The van der Waals surface area contributed by atoms with Crippen LogP contribution in [0.4, 0.5) is 34.1 Å². The molecular formula is C60H54N2O2Si. The van der Waals surface area contributed by atoms with Crippen molar-refractivity contribution in [3.05, 3.63) is 185 Å². The molecular weight excluding hydrogens is 809 g/mol.